The van der Waals surface area contributed by atoms with Gasteiger partial charge >= 0.3 is 0 Å². The van der Waals surface area contributed by atoms with Gasteiger partial charge in [-0.3, -0.25) is 4.68 Å². The second-order valence-electron chi connectivity index (χ2n) is 7.05. The van der Waals surface area contributed by atoms with Crippen molar-refractivity contribution in [3.63, 3.8) is 0 Å². The largest absolute Gasteiger partial charge is 0.324 e. The minimum Gasteiger partial charge on any atom is -0.324 e. The zero-order valence-electron chi connectivity index (χ0n) is 13.9. The van der Waals surface area contributed by atoms with E-state index in [0.29, 0.717) is 6.04 Å². The van der Waals surface area contributed by atoms with Crippen molar-refractivity contribution in [2.24, 2.45) is 5.73 Å². The molecule has 1 aromatic carbocycles. The van der Waals surface area contributed by atoms with Crippen molar-refractivity contribution in [3.8, 4) is 11.3 Å². The Morgan fingerprint density at radius 3 is 2.57 bits per heavy atom. The second-order valence-corrected chi connectivity index (χ2v) is 7.05. The topological polar surface area (TPSA) is 47.1 Å². The number of benzene rings is 1. The molecular weight excluding hydrogens is 284 g/mol. The minimum absolute atomic E-state index is 0.133. The first-order valence-electron chi connectivity index (χ1n) is 8.85. The first-order valence-corrected chi connectivity index (χ1v) is 8.85. The molecule has 1 aliphatic carbocycles. The van der Waals surface area contributed by atoms with Crippen LogP contribution in [-0.4, -0.2) is 34.8 Å². The molecule has 4 rings (SSSR count). The molecule has 4 nitrogen and oxygen atoms in total. The summed E-state index contributed by atoms with van der Waals surface area (Å²) in [6, 6.07) is 11.2. The van der Waals surface area contributed by atoms with Crippen LogP contribution in [0, 0.1) is 0 Å². The van der Waals surface area contributed by atoms with Gasteiger partial charge in [0.15, 0.2) is 0 Å². The second kappa shape index (κ2) is 6.10. The number of nitrogens with two attached hydrogens (primary N) is 1. The van der Waals surface area contributed by atoms with Gasteiger partial charge in [-0.2, -0.15) is 5.10 Å². The molecule has 2 aromatic rings. The summed E-state index contributed by atoms with van der Waals surface area (Å²) in [7, 11) is 2.21. The Bertz CT molecular complexity index is 668. The molecule has 1 atom stereocenters. The van der Waals surface area contributed by atoms with Crippen LogP contribution in [0.4, 0.5) is 0 Å². The summed E-state index contributed by atoms with van der Waals surface area (Å²) in [4.78, 5) is 2.41. The Kier molecular flexibility index (Phi) is 3.95. The predicted octanol–water partition coefficient (Wildman–Crippen LogP) is 3.15. The van der Waals surface area contributed by atoms with Gasteiger partial charge in [-0.25, -0.2) is 0 Å². The lowest BCUT2D eigenvalue weighted by Crippen LogP contribution is -2.32. The zero-order valence-corrected chi connectivity index (χ0v) is 13.9. The molecule has 1 unspecified atom stereocenters. The molecule has 0 bridgehead atoms. The Morgan fingerprint density at radius 1 is 1.09 bits per heavy atom. The maximum absolute atomic E-state index is 6.49. The Labute approximate surface area is 138 Å². The van der Waals surface area contributed by atoms with Crippen LogP contribution < -0.4 is 5.73 Å². The normalized spacial score (nSPS) is 23.0. The van der Waals surface area contributed by atoms with E-state index < -0.39 is 0 Å². The SMILES string of the molecule is CN1CCC(n2nc(-c3ccccc3)c3c2CCCC3N)CC1. The van der Waals surface area contributed by atoms with E-state index in [9.17, 15) is 0 Å². The van der Waals surface area contributed by atoms with E-state index in [4.69, 9.17) is 10.8 Å². The summed E-state index contributed by atoms with van der Waals surface area (Å²) < 4.78 is 2.34. The highest BCUT2D eigenvalue weighted by Gasteiger charge is 2.30. The maximum Gasteiger partial charge on any atom is 0.0973 e. The first kappa shape index (κ1) is 14.9. The van der Waals surface area contributed by atoms with E-state index in [1.807, 2.05) is 0 Å². The molecule has 23 heavy (non-hydrogen) atoms. The van der Waals surface area contributed by atoms with Crippen LogP contribution in [0.25, 0.3) is 11.3 Å². The summed E-state index contributed by atoms with van der Waals surface area (Å²) in [5, 5.41) is 5.08. The van der Waals surface area contributed by atoms with E-state index in [-0.39, 0.29) is 6.04 Å². The zero-order chi connectivity index (χ0) is 15.8. The lowest BCUT2D eigenvalue weighted by atomic mass is 9.89. The van der Waals surface area contributed by atoms with Gasteiger partial charge in [-0.15, -0.1) is 0 Å². The number of likely N-dealkylation sites (tertiary alicyclic amines) is 1. The summed E-state index contributed by atoms with van der Waals surface area (Å²) in [5.74, 6) is 0. The number of aromatic nitrogens is 2. The van der Waals surface area contributed by atoms with Gasteiger partial charge < -0.3 is 10.6 Å². The van der Waals surface area contributed by atoms with Gasteiger partial charge in [0.1, 0.15) is 0 Å². The Hall–Kier alpha value is -1.65. The molecule has 2 heterocycles. The van der Waals surface area contributed by atoms with E-state index in [1.165, 1.54) is 36.1 Å². The standard InChI is InChI=1S/C19H26N4/c1-22-12-10-15(11-13-22)23-17-9-5-8-16(20)18(17)19(21-23)14-6-3-2-4-7-14/h2-4,6-7,15-16H,5,8-13,20H2,1H3. The third-order valence-electron chi connectivity index (χ3n) is 5.43. The molecule has 0 radical (unpaired) electrons. The highest BCUT2D eigenvalue weighted by molar-refractivity contribution is 5.65. The monoisotopic (exact) mass is 310 g/mol. The highest BCUT2D eigenvalue weighted by Crippen LogP contribution is 2.38. The third kappa shape index (κ3) is 2.70. The molecule has 122 valence electrons. The average molecular weight is 310 g/mol. The number of nitrogens with zero attached hydrogens (tertiary/aromatic N) is 3. The molecule has 2 aliphatic rings. The van der Waals surface area contributed by atoms with Crippen LogP contribution in [0.5, 0.6) is 0 Å². The van der Waals surface area contributed by atoms with Crippen molar-refractivity contribution in [1.29, 1.82) is 0 Å². The molecule has 1 aliphatic heterocycles. The smallest absolute Gasteiger partial charge is 0.0973 e. The Balaban J connectivity index is 1.78. The number of fused-ring (bicyclic) bond motifs is 1. The minimum atomic E-state index is 0.133. The molecule has 1 fully saturated rings. The molecule has 0 saturated carbocycles. The van der Waals surface area contributed by atoms with Gasteiger partial charge in [-0.1, -0.05) is 30.3 Å². The van der Waals surface area contributed by atoms with Crippen LogP contribution in [0.2, 0.25) is 0 Å². The number of hydrogen-bond acceptors (Lipinski definition) is 3. The van der Waals surface area contributed by atoms with Crippen LogP contribution >= 0.6 is 0 Å². The van der Waals surface area contributed by atoms with Crippen LogP contribution in [-0.2, 0) is 6.42 Å². The molecular formula is C19H26N4. The van der Waals surface area contributed by atoms with Crippen molar-refractivity contribution in [1.82, 2.24) is 14.7 Å². The fourth-order valence-electron chi connectivity index (χ4n) is 4.11. The molecule has 0 spiro atoms. The lowest BCUT2D eigenvalue weighted by Gasteiger charge is -2.31. The van der Waals surface area contributed by atoms with Crippen molar-refractivity contribution < 1.29 is 0 Å². The van der Waals surface area contributed by atoms with Crippen molar-refractivity contribution in [2.75, 3.05) is 20.1 Å². The molecule has 2 N–H and O–H groups in total. The van der Waals surface area contributed by atoms with E-state index in [1.54, 1.807) is 0 Å². The number of hydrogen-bond donors (Lipinski definition) is 1. The summed E-state index contributed by atoms with van der Waals surface area (Å²) in [6.07, 6.45) is 5.75. The van der Waals surface area contributed by atoms with E-state index >= 15 is 0 Å². The highest BCUT2D eigenvalue weighted by atomic mass is 15.3. The lowest BCUT2D eigenvalue weighted by molar-refractivity contribution is 0.209. The van der Waals surface area contributed by atoms with Crippen LogP contribution in [0.15, 0.2) is 30.3 Å². The summed E-state index contributed by atoms with van der Waals surface area (Å²) >= 11 is 0. The average Bonchev–Trinajstić information content (AvgIpc) is 2.97. The summed E-state index contributed by atoms with van der Waals surface area (Å²) in [5.41, 5.74) is 11.5. The third-order valence-corrected chi connectivity index (χ3v) is 5.43. The fraction of sp³-hybridized carbons (Fsp3) is 0.526. The van der Waals surface area contributed by atoms with Crippen LogP contribution in [0.3, 0.4) is 0 Å². The van der Waals surface area contributed by atoms with Gasteiger partial charge in [0.2, 0.25) is 0 Å². The molecule has 1 saturated heterocycles. The van der Waals surface area contributed by atoms with Gasteiger partial charge in [0.25, 0.3) is 0 Å². The maximum atomic E-state index is 6.49. The van der Waals surface area contributed by atoms with Gasteiger partial charge in [0, 0.05) is 22.9 Å². The van der Waals surface area contributed by atoms with Gasteiger partial charge in [-0.05, 0) is 52.2 Å². The molecule has 1 aromatic heterocycles. The first-order chi connectivity index (χ1) is 11.2. The van der Waals surface area contributed by atoms with Crippen molar-refractivity contribution >= 4 is 0 Å². The number of piperidine rings is 1. The van der Waals surface area contributed by atoms with Crippen molar-refractivity contribution in [3.05, 3.63) is 41.6 Å². The van der Waals surface area contributed by atoms with Crippen molar-refractivity contribution in [2.45, 2.75) is 44.2 Å². The van der Waals surface area contributed by atoms with Gasteiger partial charge in [0.05, 0.1) is 11.7 Å². The molecule has 0 amide bonds. The van der Waals surface area contributed by atoms with E-state index in [0.717, 1.165) is 31.6 Å². The van der Waals surface area contributed by atoms with Crippen LogP contribution in [0.1, 0.15) is 49.0 Å². The predicted molar refractivity (Wildman–Crippen MR) is 93.3 cm³/mol. The fourth-order valence-corrected chi connectivity index (χ4v) is 4.11. The van der Waals surface area contributed by atoms with E-state index in [2.05, 4.69) is 47.0 Å². The quantitative estimate of drug-likeness (QED) is 0.927. The summed E-state index contributed by atoms with van der Waals surface area (Å²) in [6.45, 7) is 2.32. The molecule has 4 heteroatoms. The Morgan fingerprint density at radius 2 is 1.83 bits per heavy atom. The number of rotatable bonds is 2.